The predicted octanol–water partition coefficient (Wildman–Crippen LogP) is 3.01. The summed E-state index contributed by atoms with van der Waals surface area (Å²) in [5.41, 5.74) is 8.93. The Labute approximate surface area is 134 Å². The van der Waals surface area contributed by atoms with E-state index in [0.717, 1.165) is 38.6 Å². The van der Waals surface area contributed by atoms with Crippen molar-refractivity contribution in [2.75, 3.05) is 13.6 Å². The Balaban J connectivity index is 1.88. The van der Waals surface area contributed by atoms with E-state index in [1.165, 1.54) is 11.1 Å². The van der Waals surface area contributed by atoms with Gasteiger partial charge in [-0.3, -0.25) is 4.79 Å². The number of benzene rings is 1. The second-order valence-corrected chi connectivity index (χ2v) is 7.00. The van der Waals surface area contributed by atoms with Gasteiger partial charge in [-0.05, 0) is 49.1 Å². The van der Waals surface area contributed by atoms with Crippen LogP contribution in [-0.4, -0.2) is 30.4 Å². The number of fused-ring (bicyclic) bond motifs is 1. The minimum Gasteiger partial charge on any atom is -0.345 e. The van der Waals surface area contributed by atoms with Gasteiger partial charge >= 0.3 is 0 Å². The van der Waals surface area contributed by atoms with Crippen molar-refractivity contribution in [2.45, 2.75) is 52.0 Å². The molecule has 2 rings (SSSR count). The molecule has 0 unspecified atom stereocenters. The first-order valence-electron chi connectivity index (χ1n) is 8.56. The Kier molecular flexibility index (Phi) is 6.01. The largest absolute Gasteiger partial charge is 0.345 e. The highest BCUT2D eigenvalue weighted by molar-refractivity contribution is 5.78. The maximum absolute atomic E-state index is 12.7. The summed E-state index contributed by atoms with van der Waals surface area (Å²) in [4.78, 5) is 14.6. The summed E-state index contributed by atoms with van der Waals surface area (Å²) < 4.78 is 0. The van der Waals surface area contributed by atoms with Gasteiger partial charge in [-0.2, -0.15) is 0 Å². The van der Waals surface area contributed by atoms with E-state index in [1.807, 2.05) is 11.9 Å². The van der Waals surface area contributed by atoms with Crippen LogP contribution in [0.3, 0.4) is 0 Å². The molecule has 1 aliphatic carbocycles. The SMILES string of the molecule is CC(C)[C@@H](N)CCN(C)C(=O)C1CCc2ccccc2CC1. The second kappa shape index (κ2) is 7.77. The maximum Gasteiger partial charge on any atom is 0.225 e. The smallest absolute Gasteiger partial charge is 0.225 e. The zero-order valence-corrected chi connectivity index (χ0v) is 14.2. The van der Waals surface area contributed by atoms with E-state index in [1.54, 1.807) is 0 Å². The van der Waals surface area contributed by atoms with Crippen LogP contribution in [0.2, 0.25) is 0 Å². The zero-order chi connectivity index (χ0) is 16.1. The van der Waals surface area contributed by atoms with Crippen LogP contribution >= 0.6 is 0 Å². The van der Waals surface area contributed by atoms with Crippen LogP contribution in [0, 0.1) is 11.8 Å². The number of hydrogen-bond acceptors (Lipinski definition) is 2. The molecular formula is C19H30N2O. The minimum atomic E-state index is 0.160. The lowest BCUT2D eigenvalue weighted by atomic mass is 9.97. The molecule has 1 amide bonds. The van der Waals surface area contributed by atoms with Crippen LogP contribution in [-0.2, 0) is 17.6 Å². The Bertz CT molecular complexity index is 471. The molecule has 0 saturated carbocycles. The topological polar surface area (TPSA) is 46.3 Å². The highest BCUT2D eigenvalue weighted by Gasteiger charge is 2.25. The summed E-state index contributed by atoms with van der Waals surface area (Å²) in [6, 6.07) is 8.77. The van der Waals surface area contributed by atoms with Crippen LogP contribution in [0.15, 0.2) is 24.3 Å². The van der Waals surface area contributed by atoms with Crippen molar-refractivity contribution in [3.8, 4) is 0 Å². The van der Waals surface area contributed by atoms with Crippen molar-refractivity contribution >= 4 is 5.91 Å². The monoisotopic (exact) mass is 302 g/mol. The lowest BCUT2D eigenvalue weighted by Gasteiger charge is -2.25. The quantitative estimate of drug-likeness (QED) is 0.850. The summed E-state index contributed by atoms with van der Waals surface area (Å²) in [5.74, 6) is 0.923. The number of nitrogens with two attached hydrogens (primary N) is 1. The molecule has 1 aromatic carbocycles. The minimum absolute atomic E-state index is 0.160. The van der Waals surface area contributed by atoms with Crippen LogP contribution in [0.5, 0.6) is 0 Å². The normalized spacial score (nSPS) is 17.0. The van der Waals surface area contributed by atoms with E-state index in [9.17, 15) is 4.79 Å². The molecule has 0 aliphatic heterocycles. The second-order valence-electron chi connectivity index (χ2n) is 7.00. The molecule has 2 N–H and O–H groups in total. The van der Waals surface area contributed by atoms with E-state index >= 15 is 0 Å². The lowest BCUT2D eigenvalue weighted by molar-refractivity contribution is -0.134. The Morgan fingerprint density at radius 2 is 1.77 bits per heavy atom. The van der Waals surface area contributed by atoms with Crippen molar-refractivity contribution in [1.82, 2.24) is 4.90 Å². The average molecular weight is 302 g/mol. The third-order valence-electron chi connectivity index (χ3n) is 5.02. The molecule has 1 atom stereocenters. The lowest BCUT2D eigenvalue weighted by Crippen LogP contribution is -2.37. The highest BCUT2D eigenvalue weighted by Crippen LogP contribution is 2.25. The van der Waals surface area contributed by atoms with Gasteiger partial charge in [0.05, 0.1) is 0 Å². The van der Waals surface area contributed by atoms with Crippen LogP contribution < -0.4 is 5.73 Å². The first kappa shape index (κ1) is 17.0. The summed E-state index contributed by atoms with van der Waals surface area (Å²) in [5, 5.41) is 0. The van der Waals surface area contributed by atoms with Gasteiger partial charge in [0.25, 0.3) is 0 Å². The van der Waals surface area contributed by atoms with Gasteiger partial charge in [-0.25, -0.2) is 0 Å². The molecule has 3 nitrogen and oxygen atoms in total. The number of carbonyl (C=O) groups is 1. The van der Waals surface area contributed by atoms with Crippen molar-refractivity contribution in [1.29, 1.82) is 0 Å². The number of nitrogens with zero attached hydrogens (tertiary/aromatic N) is 1. The molecule has 1 aliphatic rings. The molecule has 0 aromatic heterocycles. The number of amides is 1. The van der Waals surface area contributed by atoms with Crippen LogP contribution in [0.1, 0.15) is 44.2 Å². The van der Waals surface area contributed by atoms with Crippen molar-refractivity contribution in [3.63, 3.8) is 0 Å². The summed E-state index contributed by atoms with van der Waals surface area (Å²) in [7, 11) is 1.92. The molecule has 0 heterocycles. The number of hydrogen-bond donors (Lipinski definition) is 1. The first-order chi connectivity index (χ1) is 10.5. The number of carbonyl (C=O) groups excluding carboxylic acids is 1. The fourth-order valence-electron chi connectivity index (χ4n) is 3.19. The standard InChI is InChI=1S/C19H30N2O/c1-14(2)18(20)12-13-21(3)19(22)17-10-8-15-6-4-5-7-16(15)9-11-17/h4-7,14,17-18H,8-13,20H2,1-3H3/t18-/m0/s1. The van der Waals surface area contributed by atoms with Crippen LogP contribution in [0.4, 0.5) is 0 Å². The summed E-state index contributed by atoms with van der Waals surface area (Å²) in [6.45, 7) is 5.03. The molecule has 122 valence electrons. The fourth-order valence-corrected chi connectivity index (χ4v) is 3.19. The molecular weight excluding hydrogens is 272 g/mol. The molecule has 22 heavy (non-hydrogen) atoms. The van der Waals surface area contributed by atoms with Crippen molar-refractivity contribution in [2.24, 2.45) is 17.6 Å². The zero-order valence-electron chi connectivity index (χ0n) is 14.2. The van der Waals surface area contributed by atoms with Crippen molar-refractivity contribution in [3.05, 3.63) is 35.4 Å². The summed E-state index contributed by atoms with van der Waals surface area (Å²) >= 11 is 0. The highest BCUT2D eigenvalue weighted by atomic mass is 16.2. The molecule has 0 spiro atoms. The maximum atomic E-state index is 12.7. The molecule has 0 radical (unpaired) electrons. The number of rotatable bonds is 5. The van der Waals surface area contributed by atoms with E-state index in [0.29, 0.717) is 11.8 Å². The molecule has 0 bridgehead atoms. The predicted molar refractivity (Wildman–Crippen MR) is 91.6 cm³/mol. The average Bonchev–Trinajstić information content (AvgIpc) is 2.74. The van der Waals surface area contributed by atoms with Gasteiger partial charge in [0, 0.05) is 25.6 Å². The number of aryl methyl sites for hydroxylation is 2. The molecule has 1 aromatic rings. The van der Waals surface area contributed by atoms with Gasteiger partial charge in [0.1, 0.15) is 0 Å². The van der Waals surface area contributed by atoms with Gasteiger partial charge in [0.15, 0.2) is 0 Å². The van der Waals surface area contributed by atoms with E-state index < -0.39 is 0 Å². The van der Waals surface area contributed by atoms with E-state index in [-0.39, 0.29) is 12.0 Å². The molecule has 3 heteroatoms. The van der Waals surface area contributed by atoms with Gasteiger partial charge < -0.3 is 10.6 Å². The molecule has 0 fully saturated rings. The third kappa shape index (κ3) is 4.33. The first-order valence-corrected chi connectivity index (χ1v) is 8.56. The van der Waals surface area contributed by atoms with Gasteiger partial charge in [-0.15, -0.1) is 0 Å². The van der Waals surface area contributed by atoms with Crippen LogP contribution in [0.25, 0.3) is 0 Å². The van der Waals surface area contributed by atoms with Crippen molar-refractivity contribution < 1.29 is 4.79 Å². The van der Waals surface area contributed by atoms with E-state index in [4.69, 9.17) is 5.73 Å². The van der Waals surface area contributed by atoms with E-state index in [2.05, 4.69) is 38.1 Å². The summed E-state index contributed by atoms with van der Waals surface area (Å²) in [6.07, 6.45) is 4.86. The fraction of sp³-hybridized carbons (Fsp3) is 0.632. The van der Waals surface area contributed by atoms with Gasteiger partial charge in [-0.1, -0.05) is 38.1 Å². The third-order valence-corrected chi connectivity index (χ3v) is 5.02. The Morgan fingerprint density at radius 1 is 1.23 bits per heavy atom. The Morgan fingerprint density at radius 3 is 2.27 bits per heavy atom. The Hall–Kier alpha value is -1.35. The molecule has 0 saturated heterocycles. The van der Waals surface area contributed by atoms with Gasteiger partial charge in [0.2, 0.25) is 5.91 Å².